The van der Waals surface area contributed by atoms with Gasteiger partial charge in [-0.05, 0) is 92.4 Å². The largest absolute Gasteiger partial charge is 0.494 e. The normalized spacial score (nSPS) is 14.2. The number of nitrogens with one attached hydrogen (secondary N) is 1. The number of hydrogen-bond donors (Lipinski definition) is 1. The molecule has 230 valence electrons. The van der Waals surface area contributed by atoms with Gasteiger partial charge in [0.05, 0.1) is 17.2 Å². The number of carbonyl (C=O) groups is 2. The van der Waals surface area contributed by atoms with Crippen molar-refractivity contribution < 1.29 is 27.1 Å². The number of halogens is 2. The fraction of sp³-hybridized carbons (Fsp3) is 0.375. The Morgan fingerprint density at radius 2 is 1.60 bits per heavy atom. The molecule has 1 aliphatic carbocycles. The second-order valence-electron chi connectivity index (χ2n) is 10.5. The maximum absolute atomic E-state index is 14.1. The molecule has 0 radical (unpaired) electrons. The van der Waals surface area contributed by atoms with E-state index >= 15 is 0 Å². The van der Waals surface area contributed by atoms with E-state index in [4.69, 9.17) is 16.3 Å². The summed E-state index contributed by atoms with van der Waals surface area (Å²) in [4.78, 5) is 29.0. The fourth-order valence-electron chi connectivity index (χ4n) is 5.21. The number of ether oxygens (including phenoxy) is 1. The summed E-state index contributed by atoms with van der Waals surface area (Å²) in [6.07, 6.45) is 4.15. The van der Waals surface area contributed by atoms with E-state index in [1.54, 1.807) is 24.3 Å². The van der Waals surface area contributed by atoms with Gasteiger partial charge in [-0.3, -0.25) is 13.9 Å². The number of sulfonamides is 1. The predicted octanol–water partition coefficient (Wildman–Crippen LogP) is 5.94. The second kappa shape index (κ2) is 14.7. The van der Waals surface area contributed by atoms with E-state index < -0.39 is 34.3 Å². The lowest BCUT2D eigenvalue weighted by Gasteiger charge is -2.33. The summed E-state index contributed by atoms with van der Waals surface area (Å²) in [5.74, 6) is -0.909. The molecule has 1 aliphatic rings. The van der Waals surface area contributed by atoms with Crippen LogP contribution in [0.5, 0.6) is 5.75 Å². The number of carbonyl (C=O) groups excluding carboxylic acids is 2. The summed E-state index contributed by atoms with van der Waals surface area (Å²) in [6, 6.07) is 16.9. The zero-order valence-electron chi connectivity index (χ0n) is 24.3. The van der Waals surface area contributed by atoms with E-state index in [0.29, 0.717) is 23.8 Å². The van der Waals surface area contributed by atoms with Crippen LogP contribution in [0.25, 0.3) is 0 Å². The van der Waals surface area contributed by atoms with E-state index in [0.717, 1.165) is 47.7 Å². The minimum Gasteiger partial charge on any atom is -0.494 e. The molecule has 0 unspecified atom stereocenters. The average Bonchev–Trinajstić information content (AvgIpc) is 3.50. The summed E-state index contributed by atoms with van der Waals surface area (Å²) in [5.41, 5.74) is 0.839. The Morgan fingerprint density at radius 1 is 0.977 bits per heavy atom. The van der Waals surface area contributed by atoms with Crippen LogP contribution in [0.2, 0.25) is 5.02 Å². The zero-order valence-corrected chi connectivity index (χ0v) is 25.9. The maximum atomic E-state index is 14.1. The minimum absolute atomic E-state index is 0.0461. The molecule has 43 heavy (non-hydrogen) atoms. The van der Waals surface area contributed by atoms with Crippen molar-refractivity contribution in [3.63, 3.8) is 0 Å². The van der Waals surface area contributed by atoms with Crippen molar-refractivity contribution in [3.8, 4) is 5.75 Å². The summed E-state index contributed by atoms with van der Waals surface area (Å²) < 4.78 is 48.2. The maximum Gasteiger partial charge on any atom is 0.264 e. The third-order valence-electron chi connectivity index (χ3n) is 7.47. The number of rotatable bonds is 13. The van der Waals surface area contributed by atoms with Gasteiger partial charge >= 0.3 is 0 Å². The third-order valence-corrected chi connectivity index (χ3v) is 9.51. The van der Waals surface area contributed by atoms with Crippen LogP contribution in [0.3, 0.4) is 0 Å². The fourth-order valence-corrected chi connectivity index (χ4v) is 6.75. The van der Waals surface area contributed by atoms with E-state index in [1.165, 1.54) is 41.3 Å². The predicted molar refractivity (Wildman–Crippen MR) is 165 cm³/mol. The van der Waals surface area contributed by atoms with E-state index in [9.17, 15) is 22.4 Å². The Kier molecular flexibility index (Phi) is 11.0. The first-order valence-electron chi connectivity index (χ1n) is 14.5. The van der Waals surface area contributed by atoms with Crippen molar-refractivity contribution in [2.45, 2.75) is 69.5 Å². The molecule has 0 bridgehead atoms. The Bertz CT molecular complexity index is 1480. The van der Waals surface area contributed by atoms with Crippen LogP contribution in [-0.2, 0) is 26.2 Å². The molecule has 8 nitrogen and oxygen atoms in total. The topological polar surface area (TPSA) is 96.0 Å². The summed E-state index contributed by atoms with van der Waals surface area (Å²) >= 11 is 6.08. The Balaban J connectivity index is 1.70. The van der Waals surface area contributed by atoms with E-state index in [2.05, 4.69) is 5.32 Å². The standard InChI is InChI=1S/C32H37ClFN3O5S/c1-3-30(32(39)35-26-7-5-6-8-26)36(21-23-9-11-24(33)12-10-23)31(38)22-37(27-15-13-25(34)14-16-27)43(40,41)29-19-17-28(18-20-29)42-4-2/h9-20,26,30H,3-8,21-22H2,1-2H3,(H,35,39)/t30-/m1/s1. The molecule has 0 aromatic heterocycles. The van der Waals surface area contributed by atoms with Crippen LogP contribution in [0.4, 0.5) is 10.1 Å². The van der Waals surface area contributed by atoms with Crippen LogP contribution in [-0.4, -0.2) is 50.4 Å². The van der Waals surface area contributed by atoms with Crippen molar-refractivity contribution in [1.82, 2.24) is 10.2 Å². The molecule has 11 heteroatoms. The lowest BCUT2D eigenvalue weighted by molar-refractivity contribution is -0.140. The Morgan fingerprint density at radius 3 is 2.19 bits per heavy atom. The molecule has 0 spiro atoms. The SMILES string of the molecule is CCOc1ccc(S(=O)(=O)N(CC(=O)N(Cc2ccc(Cl)cc2)[C@H](CC)C(=O)NC2CCCC2)c2ccc(F)cc2)cc1. The molecular weight excluding hydrogens is 593 g/mol. The van der Waals surface area contributed by atoms with Gasteiger partial charge in [-0.1, -0.05) is 43.5 Å². The van der Waals surface area contributed by atoms with Crippen molar-refractivity contribution in [1.29, 1.82) is 0 Å². The number of hydrogen-bond acceptors (Lipinski definition) is 5. The molecular formula is C32H37ClFN3O5S. The van der Waals surface area contributed by atoms with Gasteiger partial charge in [0.1, 0.15) is 24.2 Å². The quantitative estimate of drug-likeness (QED) is 0.253. The highest BCUT2D eigenvalue weighted by atomic mass is 35.5. The van der Waals surface area contributed by atoms with Gasteiger partial charge in [0.25, 0.3) is 10.0 Å². The Labute approximate surface area is 257 Å². The minimum atomic E-state index is -4.29. The molecule has 0 aliphatic heterocycles. The van der Waals surface area contributed by atoms with Gasteiger partial charge < -0.3 is 15.0 Å². The van der Waals surface area contributed by atoms with Crippen molar-refractivity contribution in [2.24, 2.45) is 0 Å². The molecule has 1 atom stereocenters. The van der Waals surface area contributed by atoms with Gasteiger partial charge in [-0.15, -0.1) is 0 Å². The molecule has 0 heterocycles. The van der Waals surface area contributed by atoms with E-state index in [1.807, 2.05) is 13.8 Å². The number of nitrogens with zero attached hydrogens (tertiary/aromatic N) is 2. The van der Waals surface area contributed by atoms with Crippen LogP contribution in [0.15, 0.2) is 77.7 Å². The molecule has 0 saturated heterocycles. The van der Waals surface area contributed by atoms with Crippen LogP contribution in [0.1, 0.15) is 51.5 Å². The highest BCUT2D eigenvalue weighted by molar-refractivity contribution is 7.92. The van der Waals surface area contributed by atoms with Crippen LogP contribution < -0.4 is 14.4 Å². The highest BCUT2D eigenvalue weighted by Gasteiger charge is 2.34. The van der Waals surface area contributed by atoms with Gasteiger partial charge in [-0.25, -0.2) is 12.8 Å². The Hall–Kier alpha value is -3.63. The molecule has 4 rings (SSSR count). The molecule has 2 amide bonds. The molecule has 1 N–H and O–H groups in total. The second-order valence-corrected chi connectivity index (χ2v) is 12.8. The van der Waals surface area contributed by atoms with Crippen LogP contribution >= 0.6 is 11.6 Å². The number of amides is 2. The van der Waals surface area contributed by atoms with Gasteiger partial charge in [0.2, 0.25) is 11.8 Å². The molecule has 1 saturated carbocycles. The van der Waals surface area contributed by atoms with Crippen molar-refractivity contribution >= 4 is 39.1 Å². The first kappa shape index (κ1) is 32.3. The van der Waals surface area contributed by atoms with Crippen LogP contribution in [0, 0.1) is 5.82 Å². The average molecular weight is 630 g/mol. The molecule has 3 aromatic rings. The van der Waals surface area contributed by atoms with Gasteiger partial charge in [0, 0.05) is 17.6 Å². The van der Waals surface area contributed by atoms with Crippen molar-refractivity contribution in [3.05, 3.63) is 89.2 Å². The first-order valence-corrected chi connectivity index (χ1v) is 16.3. The smallest absolute Gasteiger partial charge is 0.264 e. The third kappa shape index (κ3) is 8.26. The van der Waals surface area contributed by atoms with Crippen molar-refractivity contribution in [2.75, 3.05) is 17.5 Å². The van der Waals surface area contributed by atoms with E-state index in [-0.39, 0.29) is 29.1 Å². The zero-order chi connectivity index (χ0) is 31.0. The summed E-state index contributed by atoms with van der Waals surface area (Å²) in [6.45, 7) is 3.50. The number of anilines is 1. The summed E-state index contributed by atoms with van der Waals surface area (Å²) in [7, 11) is -4.29. The first-order chi connectivity index (χ1) is 20.6. The monoisotopic (exact) mass is 629 g/mol. The highest BCUT2D eigenvalue weighted by Crippen LogP contribution is 2.27. The lowest BCUT2D eigenvalue weighted by atomic mass is 10.1. The molecule has 1 fully saturated rings. The van der Waals surface area contributed by atoms with Gasteiger partial charge in [0.15, 0.2) is 0 Å². The lowest BCUT2D eigenvalue weighted by Crippen LogP contribution is -2.53. The molecule has 3 aromatic carbocycles. The van der Waals surface area contributed by atoms with Gasteiger partial charge in [-0.2, -0.15) is 0 Å². The number of benzene rings is 3. The summed E-state index contributed by atoms with van der Waals surface area (Å²) in [5, 5.41) is 3.61.